The predicted octanol–water partition coefficient (Wildman–Crippen LogP) is 8.17. The van der Waals surface area contributed by atoms with Crippen LogP contribution in [0.3, 0.4) is 0 Å². The van der Waals surface area contributed by atoms with Gasteiger partial charge in [0.2, 0.25) is 17.7 Å². The summed E-state index contributed by atoms with van der Waals surface area (Å²) >= 11 is 7.12. The third kappa shape index (κ3) is 11.7. The summed E-state index contributed by atoms with van der Waals surface area (Å²) in [5.74, 6) is -2.99. The zero-order chi connectivity index (χ0) is 54.1. The average Bonchev–Trinajstić information content (AvgIpc) is 4.04. The Morgan fingerprint density at radius 3 is 2.27 bits per heavy atom. The van der Waals surface area contributed by atoms with Gasteiger partial charge in [-0.2, -0.15) is 18.4 Å². The van der Waals surface area contributed by atoms with Crippen molar-refractivity contribution in [3.05, 3.63) is 113 Å². The second-order valence-electron chi connectivity index (χ2n) is 20.5. The summed E-state index contributed by atoms with van der Waals surface area (Å²) < 4.78 is 63.3. The van der Waals surface area contributed by atoms with E-state index in [1.807, 2.05) is 76.2 Å². The molecule has 3 aromatic carbocycles. The van der Waals surface area contributed by atoms with Crippen LogP contribution in [0, 0.1) is 29.5 Å². The molecule has 0 bridgehead atoms. The molecule has 75 heavy (non-hydrogen) atoms. The van der Waals surface area contributed by atoms with Crippen LogP contribution in [-0.2, 0) is 31.9 Å². The number of piperidine rings is 1. The van der Waals surface area contributed by atoms with Gasteiger partial charge >= 0.3 is 6.18 Å². The van der Waals surface area contributed by atoms with E-state index in [0.717, 1.165) is 39.4 Å². The zero-order valence-electron chi connectivity index (χ0n) is 42.2. The van der Waals surface area contributed by atoms with E-state index in [1.54, 1.807) is 29.0 Å². The Morgan fingerprint density at radius 1 is 0.987 bits per heavy atom. The lowest BCUT2D eigenvalue weighted by molar-refractivity contribution is -0.144. The molecule has 15 nitrogen and oxygen atoms in total. The van der Waals surface area contributed by atoms with Crippen molar-refractivity contribution < 1.29 is 46.6 Å². The number of halogens is 4. The maximum absolute atomic E-state index is 15.5. The van der Waals surface area contributed by atoms with Gasteiger partial charge in [-0.25, -0.2) is 9.37 Å². The highest BCUT2D eigenvalue weighted by molar-refractivity contribution is 7.81. The minimum atomic E-state index is -5.20. The van der Waals surface area contributed by atoms with Gasteiger partial charge in [0.05, 0.1) is 57.1 Å². The van der Waals surface area contributed by atoms with Crippen LogP contribution >= 0.6 is 23.6 Å². The largest absolute Gasteiger partial charge is 0.490 e. The molecule has 0 saturated carbocycles. The number of carbonyl (C=O) groups is 4. The quantitative estimate of drug-likeness (QED) is 0.0718. The maximum atomic E-state index is 15.5. The van der Waals surface area contributed by atoms with Crippen LogP contribution in [-0.4, -0.2) is 110 Å². The number of thiocarbonyl (C=S) groups is 1. The SMILES string of the molecule is Cc1ncsc1-c1ccc(CNC(=O)[C@@H]2C[C@@H](O)CN2C(=O)[C@@H](NC(=O)CCN2CCC(Oc3ccc(-c4ccc(N5C(=S)N(c6ccc(C#N)c(C(F)(F)F)c6F)C(=O)C5(C)C)cn4)cc3)CC2)C(C)(C)C)cc1. The lowest BCUT2D eigenvalue weighted by Gasteiger charge is -2.36. The van der Waals surface area contributed by atoms with E-state index in [4.69, 9.17) is 17.0 Å². The Morgan fingerprint density at radius 2 is 1.67 bits per heavy atom. The number of benzene rings is 3. The molecule has 2 aromatic heterocycles. The van der Waals surface area contributed by atoms with Crippen LogP contribution in [0.2, 0.25) is 0 Å². The second kappa shape index (κ2) is 21.8. The minimum absolute atomic E-state index is 0.0205. The molecule has 3 N–H and O–H groups in total. The molecule has 5 aromatic rings. The number of aliphatic hydroxyl groups is 1. The first-order valence-corrected chi connectivity index (χ1v) is 25.7. The normalized spacial score (nSPS) is 18.8. The highest BCUT2D eigenvalue weighted by atomic mass is 32.1. The van der Waals surface area contributed by atoms with E-state index in [-0.39, 0.29) is 49.0 Å². The summed E-state index contributed by atoms with van der Waals surface area (Å²) in [4.78, 5) is 70.4. The van der Waals surface area contributed by atoms with Crippen LogP contribution in [0.1, 0.15) is 82.7 Å². The van der Waals surface area contributed by atoms with E-state index in [0.29, 0.717) is 54.5 Å². The molecule has 3 atom stereocenters. The summed E-state index contributed by atoms with van der Waals surface area (Å²) in [6, 6.07) is 19.8. The topological polar surface area (TPSA) is 184 Å². The average molecular weight is 1070 g/mol. The number of hydrogen-bond acceptors (Lipinski definition) is 12. The van der Waals surface area contributed by atoms with Crippen molar-refractivity contribution in [1.29, 1.82) is 5.26 Å². The Hall–Kier alpha value is -6.86. The summed E-state index contributed by atoms with van der Waals surface area (Å²) in [5.41, 5.74) is 0.782. The first kappa shape index (κ1) is 54.4. The van der Waals surface area contributed by atoms with Crippen molar-refractivity contribution in [2.24, 2.45) is 5.41 Å². The smallest absolute Gasteiger partial charge is 0.420 e. The number of ether oxygens (including phenoxy) is 1. The standard InChI is InChI=1S/C54H57F4N9O6S2/c1-31-46(75-30-62-31)34-9-7-32(8-10-34)27-61-48(70)42-25-37(68)29-65(42)49(71)47(52(2,3)4)63-43(69)21-24-64-22-19-39(20-23-64)73-38-15-11-33(12-16-38)40-17-14-36(28-60-40)67-51(74)66(50(72)53(67,5)6)41-18-13-35(26-59)44(45(41)55)54(56,57)58/h7-18,28,30,37,39,42,47,68H,19-25,27,29H2,1-6H3,(H,61,70)(H,63,69)/t37-,42+,47-/m1/s1. The van der Waals surface area contributed by atoms with Crippen molar-refractivity contribution in [2.45, 2.75) is 110 Å². The van der Waals surface area contributed by atoms with Gasteiger partial charge in [-0.1, -0.05) is 45.0 Å². The van der Waals surface area contributed by atoms with Crippen LogP contribution in [0.25, 0.3) is 21.7 Å². The fraction of sp³-hybridized carbons (Fsp3) is 0.407. The lowest BCUT2D eigenvalue weighted by atomic mass is 9.85. The summed E-state index contributed by atoms with van der Waals surface area (Å²) in [7, 11) is 0. The molecule has 0 unspecified atom stereocenters. The summed E-state index contributed by atoms with van der Waals surface area (Å²) in [6.07, 6.45) is -3.03. The highest BCUT2D eigenvalue weighted by Crippen LogP contribution is 2.42. The van der Waals surface area contributed by atoms with E-state index < -0.39 is 69.8 Å². The van der Waals surface area contributed by atoms with E-state index in [2.05, 4.69) is 25.5 Å². The number of nitriles is 1. The summed E-state index contributed by atoms with van der Waals surface area (Å²) in [6.45, 7) is 12.6. The number of nitrogens with zero attached hydrogens (tertiary/aromatic N) is 7. The Kier molecular flexibility index (Phi) is 15.8. The molecule has 4 amide bonds. The Labute approximate surface area is 441 Å². The van der Waals surface area contributed by atoms with Crippen molar-refractivity contribution in [2.75, 3.05) is 36.0 Å². The second-order valence-corrected chi connectivity index (χ2v) is 21.7. The molecular formula is C54H57F4N9O6S2. The number of amides is 4. The highest BCUT2D eigenvalue weighted by Gasteiger charge is 2.52. The number of rotatable bonds is 14. The molecule has 3 aliphatic rings. The van der Waals surface area contributed by atoms with Gasteiger partial charge in [-0.15, -0.1) is 11.3 Å². The van der Waals surface area contributed by atoms with Crippen molar-refractivity contribution in [3.63, 3.8) is 0 Å². The molecule has 394 valence electrons. The van der Waals surface area contributed by atoms with Crippen LogP contribution in [0.15, 0.2) is 84.5 Å². The van der Waals surface area contributed by atoms with Crippen LogP contribution in [0.4, 0.5) is 28.9 Å². The van der Waals surface area contributed by atoms with Gasteiger partial charge in [0.25, 0.3) is 5.91 Å². The third-order valence-electron chi connectivity index (χ3n) is 13.8. The number of nitrogens with one attached hydrogen (secondary N) is 2. The zero-order valence-corrected chi connectivity index (χ0v) is 43.8. The van der Waals surface area contributed by atoms with Crippen molar-refractivity contribution in [1.82, 2.24) is 30.4 Å². The molecule has 3 saturated heterocycles. The van der Waals surface area contributed by atoms with Gasteiger partial charge < -0.3 is 35.2 Å². The first-order valence-electron chi connectivity index (χ1n) is 24.4. The van der Waals surface area contributed by atoms with Gasteiger partial charge in [0, 0.05) is 51.1 Å². The molecule has 8 rings (SSSR count). The van der Waals surface area contributed by atoms with Gasteiger partial charge in [0.15, 0.2) is 10.9 Å². The number of pyridine rings is 1. The number of thiazole rings is 1. The summed E-state index contributed by atoms with van der Waals surface area (Å²) in [5, 5.41) is 25.5. The maximum Gasteiger partial charge on any atom is 0.420 e. The Bertz CT molecular complexity index is 3000. The molecule has 0 spiro atoms. The number of hydrogen-bond donors (Lipinski definition) is 3. The Balaban J connectivity index is 0.804. The van der Waals surface area contributed by atoms with Gasteiger partial charge in [0.1, 0.15) is 35.0 Å². The van der Waals surface area contributed by atoms with Gasteiger partial charge in [-0.05, 0) is 111 Å². The monoisotopic (exact) mass is 1070 g/mol. The molecule has 3 fully saturated rings. The number of β-amino-alcohol motifs (C(OH)–C–C–N with tert-alkyl or cyclic N) is 1. The van der Waals surface area contributed by atoms with Crippen LogP contribution < -0.4 is 25.2 Å². The number of likely N-dealkylation sites (tertiary alicyclic amines) is 2. The number of carbonyl (C=O) groups excluding carboxylic acids is 4. The molecular weight excluding hydrogens is 1010 g/mol. The number of alkyl halides is 3. The van der Waals surface area contributed by atoms with E-state index in [9.17, 15) is 42.7 Å². The fourth-order valence-electron chi connectivity index (χ4n) is 9.66. The number of aliphatic hydroxyl groups excluding tert-OH is 1. The number of aryl methyl sites for hydroxylation is 1. The predicted molar refractivity (Wildman–Crippen MR) is 279 cm³/mol. The molecule has 0 radical (unpaired) electrons. The molecule has 0 aliphatic carbocycles. The lowest BCUT2D eigenvalue weighted by Crippen LogP contribution is -2.58. The number of anilines is 2. The molecule has 21 heteroatoms. The van der Waals surface area contributed by atoms with Crippen molar-refractivity contribution in [3.8, 4) is 33.5 Å². The van der Waals surface area contributed by atoms with Crippen molar-refractivity contribution >= 4 is 63.7 Å². The minimum Gasteiger partial charge on any atom is -0.490 e. The first-order chi connectivity index (χ1) is 35.5. The number of aromatic nitrogens is 2. The fourth-order valence-corrected chi connectivity index (χ4v) is 11.0. The van der Waals surface area contributed by atoms with E-state index >= 15 is 4.39 Å². The third-order valence-corrected chi connectivity index (χ3v) is 15.1. The van der Waals surface area contributed by atoms with Crippen LogP contribution in [0.5, 0.6) is 5.75 Å². The molecule has 3 aliphatic heterocycles. The molecule has 5 heterocycles. The van der Waals surface area contributed by atoms with Gasteiger partial charge in [-0.3, -0.25) is 29.1 Å². The van der Waals surface area contributed by atoms with E-state index in [1.165, 1.54) is 35.9 Å².